The molecule has 20 heavy (non-hydrogen) atoms. The van der Waals surface area contributed by atoms with Crippen LogP contribution in [0.15, 0.2) is 41.0 Å². The molecule has 7 heteroatoms. The van der Waals surface area contributed by atoms with Crippen molar-refractivity contribution in [2.75, 3.05) is 12.4 Å². The molecule has 0 bridgehead atoms. The van der Waals surface area contributed by atoms with Crippen molar-refractivity contribution in [2.45, 2.75) is 6.54 Å². The molecule has 1 aromatic heterocycles. The van der Waals surface area contributed by atoms with Crippen LogP contribution in [-0.4, -0.2) is 17.0 Å². The molecule has 0 amide bonds. The van der Waals surface area contributed by atoms with Crippen LogP contribution >= 0.6 is 15.9 Å². The Hall–Kier alpha value is -2.15. The van der Waals surface area contributed by atoms with Gasteiger partial charge in [-0.25, -0.2) is 4.98 Å². The molecule has 2 aromatic rings. The van der Waals surface area contributed by atoms with Crippen molar-refractivity contribution in [1.82, 2.24) is 4.98 Å². The van der Waals surface area contributed by atoms with Gasteiger partial charge in [-0.15, -0.1) is 0 Å². The highest BCUT2D eigenvalue weighted by molar-refractivity contribution is 9.10. The number of anilines is 1. The molecule has 0 fully saturated rings. The number of hydrogen-bond donors (Lipinski definition) is 1. The normalized spacial score (nSPS) is 10.1. The molecule has 104 valence electrons. The Balaban J connectivity index is 2.04. The van der Waals surface area contributed by atoms with Gasteiger partial charge in [0.25, 0.3) is 5.69 Å². The van der Waals surface area contributed by atoms with E-state index in [9.17, 15) is 10.1 Å². The summed E-state index contributed by atoms with van der Waals surface area (Å²) in [5.41, 5.74) is 1.82. The SMILES string of the molecule is COc1ccc(CNc2ccc([N+](=O)[O-])cc2Br)cn1. The van der Waals surface area contributed by atoms with E-state index in [0.29, 0.717) is 16.9 Å². The number of nitro groups is 1. The summed E-state index contributed by atoms with van der Waals surface area (Å²) in [6.07, 6.45) is 1.71. The minimum Gasteiger partial charge on any atom is -0.481 e. The number of ether oxygens (including phenoxy) is 1. The molecule has 0 spiro atoms. The van der Waals surface area contributed by atoms with Gasteiger partial charge in [0.2, 0.25) is 5.88 Å². The van der Waals surface area contributed by atoms with Gasteiger partial charge in [0, 0.05) is 41.1 Å². The summed E-state index contributed by atoms with van der Waals surface area (Å²) in [4.78, 5) is 14.3. The Morgan fingerprint density at radius 2 is 2.20 bits per heavy atom. The van der Waals surface area contributed by atoms with Crippen LogP contribution in [0.25, 0.3) is 0 Å². The highest BCUT2D eigenvalue weighted by Crippen LogP contribution is 2.27. The van der Waals surface area contributed by atoms with E-state index in [1.165, 1.54) is 12.1 Å². The molecule has 0 saturated carbocycles. The van der Waals surface area contributed by atoms with Crippen molar-refractivity contribution >= 4 is 27.3 Å². The van der Waals surface area contributed by atoms with Crippen molar-refractivity contribution in [3.63, 3.8) is 0 Å². The molecular weight excluding hydrogens is 326 g/mol. The van der Waals surface area contributed by atoms with Gasteiger partial charge in [0.15, 0.2) is 0 Å². The summed E-state index contributed by atoms with van der Waals surface area (Å²) < 4.78 is 5.63. The summed E-state index contributed by atoms with van der Waals surface area (Å²) in [6.45, 7) is 0.563. The second-order valence-corrected chi connectivity index (χ2v) is 4.84. The van der Waals surface area contributed by atoms with Crippen molar-refractivity contribution in [3.8, 4) is 5.88 Å². The van der Waals surface area contributed by atoms with Gasteiger partial charge in [-0.1, -0.05) is 6.07 Å². The number of aromatic nitrogens is 1. The maximum absolute atomic E-state index is 10.6. The first-order chi connectivity index (χ1) is 9.60. The predicted molar refractivity (Wildman–Crippen MR) is 78.9 cm³/mol. The number of nitrogens with zero attached hydrogens (tertiary/aromatic N) is 2. The number of pyridine rings is 1. The van der Waals surface area contributed by atoms with Crippen molar-refractivity contribution in [2.24, 2.45) is 0 Å². The number of benzene rings is 1. The first kappa shape index (κ1) is 14.3. The highest BCUT2D eigenvalue weighted by Gasteiger charge is 2.08. The molecule has 0 saturated heterocycles. The monoisotopic (exact) mass is 337 g/mol. The van der Waals surface area contributed by atoms with E-state index in [4.69, 9.17) is 4.74 Å². The maximum atomic E-state index is 10.6. The summed E-state index contributed by atoms with van der Waals surface area (Å²) in [5, 5.41) is 13.8. The summed E-state index contributed by atoms with van der Waals surface area (Å²) in [5.74, 6) is 0.560. The third-order valence-electron chi connectivity index (χ3n) is 2.65. The number of rotatable bonds is 5. The molecule has 6 nitrogen and oxygen atoms in total. The standard InChI is InChI=1S/C13H12BrN3O3/c1-20-13-5-2-9(8-16-13)7-15-12-4-3-10(17(18)19)6-11(12)14/h2-6,8,15H,7H2,1H3. The first-order valence-electron chi connectivity index (χ1n) is 5.77. The molecule has 0 radical (unpaired) electrons. The topological polar surface area (TPSA) is 77.3 Å². The van der Waals surface area contributed by atoms with Gasteiger partial charge < -0.3 is 10.1 Å². The molecule has 0 aliphatic heterocycles. The van der Waals surface area contributed by atoms with E-state index >= 15 is 0 Å². The van der Waals surface area contributed by atoms with Crippen LogP contribution in [0, 0.1) is 10.1 Å². The molecule has 1 N–H and O–H groups in total. The minimum absolute atomic E-state index is 0.0496. The molecule has 0 aliphatic rings. The average Bonchev–Trinajstić information content (AvgIpc) is 2.46. The summed E-state index contributed by atoms with van der Waals surface area (Å²) in [7, 11) is 1.56. The van der Waals surface area contributed by atoms with E-state index in [0.717, 1.165) is 11.3 Å². The second kappa shape index (κ2) is 6.33. The van der Waals surface area contributed by atoms with E-state index in [1.54, 1.807) is 25.4 Å². The predicted octanol–water partition coefficient (Wildman–Crippen LogP) is 3.37. The molecule has 0 unspecified atom stereocenters. The molecular formula is C13H12BrN3O3. The van der Waals surface area contributed by atoms with Gasteiger partial charge in [0.05, 0.1) is 12.0 Å². The van der Waals surface area contributed by atoms with Gasteiger partial charge in [-0.2, -0.15) is 0 Å². The molecule has 0 aliphatic carbocycles. The largest absolute Gasteiger partial charge is 0.481 e. The maximum Gasteiger partial charge on any atom is 0.270 e. The lowest BCUT2D eigenvalue weighted by atomic mass is 10.2. The number of non-ortho nitro benzene ring substituents is 1. The van der Waals surface area contributed by atoms with E-state index in [1.807, 2.05) is 6.07 Å². The number of hydrogen-bond acceptors (Lipinski definition) is 5. The Morgan fingerprint density at radius 1 is 1.40 bits per heavy atom. The van der Waals surface area contributed by atoms with Crippen LogP contribution in [0.2, 0.25) is 0 Å². The van der Waals surface area contributed by atoms with Crippen LogP contribution in [0.1, 0.15) is 5.56 Å². The van der Waals surface area contributed by atoms with Gasteiger partial charge in [0.1, 0.15) is 0 Å². The molecule has 1 heterocycles. The fraction of sp³-hybridized carbons (Fsp3) is 0.154. The van der Waals surface area contributed by atoms with Crippen LogP contribution in [0.4, 0.5) is 11.4 Å². The van der Waals surface area contributed by atoms with Gasteiger partial charge >= 0.3 is 0 Å². The highest BCUT2D eigenvalue weighted by atomic mass is 79.9. The second-order valence-electron chi connectivity index (χ2n) is 3.98. The van der Waals surface area contributed by atoms with Crippen LogP contribution in [0.3, 0.4) is 0 Å². The number of halogens is 1. The number of methoxy groups -OCH3 is 1. The average molecular weight is 338 g/mol. The minimum atomic E-state index is -0.429. The Labute approximate surface area is 124 Å². The zero-order valence-corrected chi connectivity index (χ0v) is 12.3. The van der Waals surface area contributed by atoms with E-state index < -0.39 is 4.92 Å². The summed E-state index contributed by atoms with van der Waals surface area (Å²) in [6, 6.07) is 8.27. The third kappa shape index (κ3) is 3.45. The lowest BCUT2D eigenvalue weighted by Crippen LogP contribution is -2.01. The Bertz CT molecular complexity index is 617. The van der Waals surface area contributed by atoms with Crippen LogP contribution < -0.4 is 10.1 Å². The van der Waals surface area contributed by atoms with E-state index in [2.05, 4.69) is 26.2 Å². The molecule has 2 rings (SSSR count). The zero-order valence-electron chi connectivity index (χ0n) is 10.7. The Morgan fingerprint density at radius 3 is 2.75 bits per heavy atom. The van der Waals surface area contributed by atoms with Gasteiger partial charge in [-0.05, 0) is 27.6 Å². The first-order valence-corrected chi connectivity index (χ1v) is 6.56. The number of nitrogens with one attached hydrogen (secondary N) is 1. The van der Waals surface area contributed by atoms with Crippen LogP contribution in [-0.2, 0) is 6.54 Å². The fourth-order valence-corrected chi connectivity index (χ4v) is 2.10. The van der Waals surface area contributed by atoms with E-state index in [-0.39, 0.29) is 5.69 Å². The molecule has 0 atom stereocenters. The zero-order chi connectivity index (χ0) is 14.5. The smallest absolute Gasteiger partial charge is 0.270 e. The molecule has 1 aromatic carbocycles. The number of nitro benzene ring substituents is 1. The van der Waals surface area contributed by atoms with Crippen LogP contribution in [0.5, 0.6) is 5.88 Å². The van der Waals surface area contributed by atoms with Gasteiger partial charge in [-0.3, -0.25) is 10.1 Å². The summed E-state index contributed by atoms with van der Waals surface area (Å²) >= 11 is 3.31. The lowest BCUT2D eigenvalue weighted by Gasteiger charge is -2.08. The lowest BCUT2D eigenvalue weighted by molar-refractivity contribution is -0.384. The quantitative estimate of drug-likeness (QED) is 0.668. The third-order valence-corrected chi connectivity index (χ3v) is 3.31. The Kier molecular flexibility index (Phi) is 4.52. The van der Waals surface area contributed by atoms with Crippen molar-refractivity contribution in [1.29, 1.82) is 0 Å². The fourth-order valence-electron chi connectivity index (χ4n) is 1.59. The van der Waals surface area contributed by atoms with Crippen molar-refractivity contribution in [3.05, 3.63) is 56.7 Å². The van der Waals surface area contributed by atoms with Crippen molar-refractivity contribution < 1.29 is 9.66 Å².